The summed E-state index contributed by atoms with van der Waals surface area (Å²) in [5.41, 5.74) is 1.84. The van der Waals surface area contributed by atoms with Crippen molar-refractivity contribution in [3.8, 4) is 11.5 Å². The molecule has 0 bridgehead atoms. The smallest absolute Gasteiger partial charge is 0.276 e. The first-order chi connectivity index (χ1) is 11.4. The van der Waals surface area contributed by atoms with Crippen molar-refractivity contribution in [3.05, 3.63) is 58.9 Å². The molecule has 6 heteroatoms. The van der Waals surface area contributed by atoms with Gasteiger partial charge in [-0.05, 0) is 55.3 Å². The van der Waals surface area contributed by atoms with E-state index in [1.165, 1.54) is 6.26 Å². The number of aromatic nitrogens is 2. The predicted octanol–water partition coefficient (Wildman–Crippen LogP) is 4.24. The normalized spacial score (nSPS) is 11.5. The second-order valence-corrected chi connectivity index (χ2v) is 7.25. The maximum Gasteiger partial charge on any atom is 0.276 e. The molecule has 0 saturated heterocycles. The molecule has 0 saturated carbocycles. The number of carbonyl (C=O) groups is 1. The molecule has 0 radical (unpaired) electrons. The van der Waals surface area contributed by atoms with E-state index in [9.17, 15) is 4.79 Å². The maximum absolute atomic E-state index is 13.0. The molecule has 0 N–H and O–H groups in total. The quantitative estimate of drug-likeness (QED) is 0.712. The molecular weight excluding hydrogens is 322 g/mol. The summed E-state index contributed by atoms with van der Waals surface area (Å²) in [4.78, 5) is 23.2. The number of hydrogen-bond donors (Lipinski definition) is 0. The highest BCUT2D eigenvalue weighted by Crippen LogP contribution is 2.23. The summed E-state index contributed by atoms with van der Waals surface area (Å²) in [5.74, 6) is 0.253. The van der Waals surface area contributed by atoms with Crippen molar-refractivity contribution >= 4 is 17.2 Å². The van der Waals surface area contributed by atoms with Gasteiger partial charge in [-0.1, -0.05) is 0 Å². The van der Waals surface area contributed by atoms with Crippen molar-refractivity contribution in [2.75, 3.05) is 0 Å². The zero-order valence-corrected chi connectivity index (χ0v) is 14.7. The van der Waals surface area contributed by atoms with Gasteiger partial charge >= 0.3 is 0 Å². The molecule has 0 unspecified atom stereocenters. The first-order valence-electron chi connectivity index (χ1n) is 7.64. The number of nitrogens with zero attached hydrogens (tertiary/aromatic N) is 3. The van der Waals surface area contributed by atoms with E-state index in [4.69, 9.17) is 4.42 Å². The number of carbonyl (C=O) groups excluding carboxylic acids is 1. The standard InChI is InChI=1S/C18H19N3O2S/c1-18(2,3)21(10-13-6-8-24-12-13)17(22)15-11-23-16(20-15)14-5-4-7-19-9-14/h4-9,11-12H,10H2,1-3H3. The van der Waals surface area contributed by atoms with Gasteiger partial charge in [-0.2, -0.15) is 11.3 Å². The Bertz CT molecular complexity index is 804. The summed E-state index contributed by atoms with van der Waals surface area (Å²) >= 11 is 1.62. The van der Waals surface area contributed by atoms with Crippen LogP contribution in [0.3, 0.4) is 0 Å². The molecule has 0 aliphatic carbocycles. The van der Waals surface area contributed by atoms with Crippen LogP contribution >= 0.6 is 11.3 Å². The van der Waals surface area contributed by atoms with Gasteiger partial charge in [0, 0.05) is 24.5 Å². The van der Waals surface area contributed by atoms with Gasteiger partial charge in [-0.15, -0.1) is 0 Å². The summed E-state index contributed by atoms with van der Waals surface area (Å²) in [7, 11) is 0. The van der Waals surface area contributed by atoms with Crippen LogP contribution in [0.2, 0.25) is 0 Å². The number of rotatable bonds is 4. The van der Waals surface area contributed by atoms with Crippen LogP contribution < -0.4 is 0 Å². The van der Waals surface area contributed by atoms with E-state index in [1.54, 1.807) is 34.7 Å². The second-order valence-electron chi connectivity index (χ2n) is 6.47. The van der Waals surface area contributed by atoms with Crippen molar-refractivity contribution in [2.24, 2.45) is 0 Å². The number of thiophene rings is 1. The third-order valence-corrected chi connectivity index (χ3v) is 4.34. The fourth-order valence-corrected chi connectivity index (χ4v) is 2.97. The predicted molar refractivity (Wildman–Crippen MR) is 93.7 cm³/mol. The molecule has 3 rings (SSSR count). The number of hydrogen-bond acceptors (Lipinski definition) is 5. The van der Waals surface area contributed by atoms with E-state index in [2.05, 4.69) is 15.3 Å². The lowest BCUT2D eigenvalue weighted by molar-refractivity contribution is 0.0553. The Morgan fingerprint density at radius 3 is 2.79 bits per heavy atom. The summed E-state index contributed by atoms with van der Waals surface area (Å²) in [6.07, 6.45) is 4.75. The van der Waals surface area contributed by atoms with Gasteiger partial charge in [0.2, 0.25) is 5.89 Å². The van der Waals surface area contributed by atoms with Gasteiger partial charge in [0.25, 0.3) is 5.91 Å². The highest BCUT2D eigenvalue weighted by atomic mass is 32.1. The Morgan fingerprint density at radius 1 is 1.33 bits per heavy atom. The Labute approximate surface area is 145 Å². The van der Waals surface area contributed by atoms with Crippen molar-refractivity contribution < 1.29 is 9.21 Å². The number of pyridine rings is 1. The fourth-order valence-electron chi connectivity index (χ4n) is 2.31. The van der Waals surface area contributed by atoms with Crippen LogP contribution in [0, 0.1) is 0 Å². The van der Waals surface area contributed by atoms with Gasteiger partial charge in [-0.25, -0.2) is 4.98 Å². The Morgan fingerprint density at radius 2 is 2.17 bits per heavy atom. The van der Waals surface area contributed by atoms with Crippen molar-refractivity contribution in [1.82, 2.24) is 14.9 Å². The van der Waals surface area contributed by atoms with Crippen LogP contribution in [-0.2, 0) is 6.54 Å². The molecule has 1 amide bonds. The van der Waals surface area contributed by atoms with Crippen LogP contribution in [-0.4, -0.2) is 26.3 Å². The molecule has 0 aliphatic heterocycles. The molecule has 0 aromatic carbocycles. The summed E-state index contributed by atoms with van der Waals surface area (Å²) in [6, 6.07) is 5.68. The van der Waals surface area contributed by atoms with E-state index in [1.807, 2.05) is 38.3 Å². The molecule has 0 atom stereocenters. The third kappa shape index (κ3) is 3.54. The highest BCUT2D eigenvalue weighted by molar-refractivity contribution is 7.07. The van der Waals surface area contributed by atoms with Crippen molar-refractivity contribution in [3.63, 3.8) is 0 Å². The molecule has 5 nitrogen and oxygen atoms in total. The van der Waals surface area contributed by atoms with E-state index in [-0.39, 0.29) is 11.4 Å². The van der Waals surface area contributed by atoms with E-state index in [0.29, 0.717) is 18.1 Å². The van der Waals surface area contributed by atoms with E-state index >= 15 is 0 Å². The average molecular weight is 341 g/mol. The highest BCUT2D eigenvalue weighted by Gasteiger charge is 2.29. The van der Waals surface area contributed by atoms with Gasteiger partial charge < -0.3 is 9.32 Å². The zero-order valence-electron chi connectivity index (χ0n) is 13.9. The SMILES string of the molecule is CC(C)(C)N(Cc1ccsc1)C(=O)c1coc(-c2cccnc2)n1. The third-order valence-electron chi connectivity index (χ3n) is 3.61. The van der Waals surface area contributed by atoms with Crippen LogP contribution in [0.4, 0.5) is 0 Å². The van der Waals surface area contributed by atoms with Crippen molar-refractivity contribution in [1.29, 1.82) is 0 Å². The van der Waals surface area contributed by atoms with Gasteiger partial charge in [0.05, 0.1) is 5.56 Å². The average Bonchev–Trinajstić information content (AvgIpc) is 3.23. The largest absolute Gasteiger partial charge is 0.444 e. The van der Waals surface area contributed by atoms with Gasteiger partial charge in [0.15, 0.2) is 5.69 Å². The Kier molecular flexibility index (Phi) is 4.49. The van der Waals surface area contributed by atoms with Crippen LogP contribution in [0.5, 0.6) is 0 Å². The van der Waals surface area contributed by atoms with Gasteiger partial charge in [0.1, 0.15) is 6.26 Å². The zero-order chi connectivity index (χ0) is 17.2. The minimum Gasteiger partial charge on any atom is -0.444 e. The maximum atomic E-state index is 13.0. The fraction of sp³-hybridized carbons (Fsp3) is 0.278. The summed E-state index contributed by atoms with van der Waals surface area (Å²) < 4.78 is 5.47. The molecule has 0 spiro atoms. The number of oxazole rings is 1. The van der Waals surface area contributed by atoms with E-state index < -0.39 is 0 Å². The van der Waals surface area contributed by atoms with Crippen LogP contribution in [0.15, 0.2) is 52.0 Å². The van der Waals surface area contributed by atoms with Crippen molar-refractivity contribution in [2.45, 2.75) is 32.9 Å². The topological polar surface area (TPSA) is 59.2 Å². The monoisotopic (exact) mass is 341 g/mol. The molecule has 0 fully saturated rings. The molecule has 3 aromatic rings. The van der Waals surface area contributed by atoms with Gasteiger partial charge in [-0.3, -0.25) is 9.78 Å². The molecule has 124 valence electrons. The minimum absolute atomic E-state index is 0.146. The lowest BCUT2D eigenvalue weighted by Crippen LogP contribution is -2.45. The molecule has 24 heavy (non-hydrogen) atoms. The van der Waals surface area contributed by atoms with Crippen LogP contribution in [0.1, 0.15) is 36.8 Å². The lowest BCUT2D eigenvalue weighted by Gasteiger charge is -2.35. The summed E-state index contributed by atoms with van der Waals surface area (Å²) in [6.45, 7) is 6.58. The number of amides is 1. The summed E-state index contributed by atoms with van der Waals surface area (Å²) in [5, 5.41) is 4.06. The Balaban J connectivity index is 1.86. The molecule has 0 aliphatic rings. The van der Waals surface area contributed by atoms with E-state index in [0.717, 1.165) is 11.1 Å². The first kappa shape index (κ1) is 16.4. The minimum atomic E-state index is -0.327. The molecule has 3 aromatic heterocycles. The lowest BCUT2D eigenvalue weighted by atomic mass is 10.0. The molecular formula is C18H19N3O2S. The first-order valence-corrected chi connectivity index (χ1v) is 8.58. The Hall–Kier alpha value is -2.47. The van der Waals surface area contributed by atoms with Crippen LogP contribution in [0.25, 0.3) is 11.5 Å². The second kappa shape index (κ2) is 6.57. The molecule has 3 heterocycles.